The summed E-state index contributed by atoms with van der Waals surface area (Å²) in [6, 6.07) is 23.7. The molecule has 0 N–H and O–H groups in total. The molecule has 0 aliphatic carbocycles. The van der Waals surface area contributed by atoms with Gasteiger partial charge in [0.05, 0.1) is 13.2 Å². The van der Waals surface area contributed by atoms with Crippen molar-refractivity contribution in [2.45, 2.75) is 13.8 Å². The number of carbonyl (C=O) groups excluding carboxylic acids is 2. The first-order chi connectivity index (χ1) is 16.6. The third-order valence-corrected chi connectivity index (χ3v) is 5.32. The van der Waals surface area contributed by atoms with E-state index in [1.807, 2.05) is 72.8 Å². The first-order valence-electron chi connectivity index (χ1n) is 11.2. The van der Waals surface area contributed by atoms with Gasteiger partial charge in [-0.3, -0.25) is 0 Å². The Balaban J connectivity index is 1.92. The minimum absolute atomic E-state index is 0.252. The number of ether oxygens (including phenoxy) is 4. The molecule has 6 nitrogen and oxygen atoms in total. The van der Waals surface area contributed by atoms with E-state index in [9.17, 15) is 9.59 Å². The van der Waals surface area contributed by atoms with Crippen LogP contribution in [0.4, 0.5) is 0 Å². The molecule has 4 rings (SSSR count). The molecular weight excluding hydrogens is 432 g/mol. The van der Waals surface area contributed by atoms with Crippen LogP contribution in [0.3, 0.4) is 0 Å². The number of hydrogen-bond donors (Lipinski definition) is 0. The smallest absolute Gasteiger partial charge is 0.344 e. The summed E-state index contributed by atoms with van der Waals surface area (Å²) in [7, 11) is 0. The molecule has 0 saturated heterocycles. The number of rotatable bonds is 9. The normalized spacial score (nSPS) is 10.8. The second-order valence-electron chi connectivity index (χ2n) is 7.51. The summed E-state index contributed by atoms with van der Waals surface area (Å²) in [5.74, 6) is -0.263. The highest BCUT2D eigenvalue weighted by Gasteiger charge is 2.21. The fraction of sp³-hybridized carbons (Fsp3) is 0.214. The second-order valence-corrected chi connectivity index (χ2v) is 7.51. The van der Waals surface area contributed by atoms with Gasteiger partial charge in [0.25, 0.3) is 0 Å². The molecule has 0 aliphatic rings. The molecular formula is C28H26O6. The van der Waals surface area contributed by atoms with Crippen molar-refractivity contribution in [1.82, 2.24) is 0 Å². The first kappa shape index (κ1) is 23.1. The molecule has 0 radical (unpaired) electrons. The van der Waals surface area contributed by atoms with Crippen molar-refractivity contribution in [3.05, 3.63) is 72.8 Å². The molecule has 6 heteroatoms. The van der Waals surface area contributed by atoms with Crippen molar-refractivity contribution in [1.29, 1.82) is 0 Å². The van der Waals surface area contributed by atoms with Gasteiger partial charge in [0.1, 0.15) is 0 Å². The minimum Gasteiger partial charge on any atom is -0.478 e. The van der Waals surface area contributed by atoms with Gasteiger partial charge in [0.15, 0.2) is 24.7 Å². The van der Waals surface area contributed by atoms with Crippen LogP contribution in [-0.2, 0) is 19.1 Å². The van der Waals surface area contributed by atoms with E-state index in [0.717, 1.165) is 32.7 Å². The average molecular weight is 459 g/mol. The summed E-state index contributed by atoms with van der Waals surface area (Å²) in [6.45, 7) is 3.41. The van der Waals surface area contributed by atoms with E-state index in [-0.39, 0.29) is 26.4 Å². The monoisotopic (exact) mass is 458 g/mol. The molecule has 0 aliphatic heterocycles. The van der Waals surface area contributed by atoms with Crippen LogP contribution in [0.5, 0.6) is 11.5 Å². The molecule has 0 aromatic heterocycles. The van der Waals surface area contributed by atoms with Gasteiger partial charge >= 0.3 is 11.9 Å². The molecule has 4 aromatic rings. The molecule has 0 heterocycles. The molecule has 0 bridgehead atoms. The molecule has 0 fully saturated rings. The van der Waals surface area contributed by atoms with Crippen LogP contribution >= 0.6 is 0 Å². The molecule has 0 spiro atoms. The standard InChI is InChI=1S/C28H26O6/c1-3-31-25(29)17-33-24-16-20-11-6-8-14-22(20)27(28(24)34-18-26(30)32-4-2)23-15-9-12-19-10-5-7-13-21(19)23/h5-16H,3-4,17-18H2,1-2H3. The summed E-state index contributed by atoms with van der Waals surface area (Å²) < 4.78 is 22.0. The highest BCUT2D eigenvalue weighted by Crippen LogP contribution is 2.46. The van der Waals surface area contributed by atoms with Crippen LogP contribution in [0.25, 0.3) is 32.7 Å². The molecule has 0 amide bonds. The molecule has 0 unspecified atom stereocenters. The Morgan fingerprint density at radius 3 is 1.97 bits per heavy atom. The molecule has 0 saturated carbocycles. The fourth-order valence-corrected chi connectivity index (χ4v) is 3.94. The predicted octanol–water partition coefficient (Wildman–Crippen LogP) is 5.54. The Bertz CT molecular complexity index is 1320. The molecule has 34 heavy (non-hydrogen) atoms. The Morgan fingerprint density at radius 2 is 1.26 bits per heavy atom. The lowest BCUT2D eigenvalue weighted by atomic mass is 9.92. The summed E-state index contributed by atoms with van der Waals surface area (Å²) in [5, 5.41) is 3.94. The first-order valence-corrected chi connectivity index (χ1v) is 11.2. The molecule has 0 atom stereocenters. The van der Waals surface area contributed by atoms with Gasteiger partial charge in [0, 0.05) is 5.56 Å². The van der Waals surface area contributed by atoms with Crippen molar-refractivity contribution in [3.8, 4) is 22.6 Å². The Kier molecular flexibility index (Phi) is 7.28. The van der Waals surface area contributed by atoms with Gasteiger partial charge < -0.3 is 18.9 Å². The highest BCUT2D eigenvalue weighted by atomic mass is 16.6. The minimum atomic E-state index is -0.490. The number of hydrogen-bond acceptors (Lipinski definition) is 6. The lowest BCUT2D eigenvalue weighted by Gasteiger charge is -2.20. The van der Waals surface area contributed by atoms with Crippen LogP contribution in [0.2, 0.25) is 0 Å². The predicted molar refractivity (Wildman–Crippen MR) is 131 cm³/mol. The summed E-state index contributed by atoms with van der Waals surface area (Å²) in [4.78, 5) is 24.2. The maximum atomic E-state index is 12.1. The molecule has 174 valence electrons. The zero-order valence-electron chi connectivity index (χ0n) is 19.2. The largest absolute Gasteiger partial charge is 0.478 e. The van der Waals surface area contributed by atoms with Crippen LogP contribution in [0.1, 0.15) is 13.8 Å². The molecule has 4 aromatic carbocycles. The van der Waals surface area contributed by atoms with E-state index >= 15 is 0 Å². The maximum absolute atomic E-state index is 12.1. The summed E-state index contributed by atoms with van der Waals surface area (Å²) >= 11 is 0. The Labute approximate surface area is 198 Å². The van der Waals surface area contributed by atoms with Gasteiger partial charge in [-0.15, -0.1) is 0 Å². The van der Waals surface area contributed by atoms with E-state index in [0.29, 0.717) is 11.5 Å². The van der Waals surface area contributed by atoms with E-state index in [4.69, 9.17) is 18.9 Å². The van der Waals surface area contributed by atoms with Crippen molar-refractivity contribution >= 4 is 33.5 Å². The van der Waals surface area contributed by atoms with Gasteiger partial charge in [-0.2, -0.15) is 0 Å². The van der Waals surface area contributed by atoms with E-state index < -0.39 is 11.9 Å². The highest BCUT2D eigenvalue weighted by molar-refractivity contribution is 6.08. The summed E-state index contributed by atoms with van der Waals surface area (Å²) in [5.41, 5.74) is 1.70. The van der Waals surface area contributed by atoms with E-state index in [1.54, 1.807) is 13.8 Å². The fourth-order valence-electron chi connectivity index (χ4n) is 3.94. The van der Waals surface area contributed by atoms with Crippen LogP contribution in [0.15, 0.2) is 72.8 Å². The van der Waals surface area contributed by atoms with Gasteiger partial charge in [-0.05, 0) is 47.0 Å². The zero-order chi connectivity index (χ0) is 23.9. The average Bonchev–Trinajstić information content (AvgIpc) is 2.85. The number of esters is 2. The lowest BCUT2D eigenvalue weighted by Crippen LogP contribution is -2.17. The third kappa shape index (κ3) is 4.96. The lowest BCUT2D eigenvalue weighted by molar-refractivity contribution is -0.146. The topological polar surface area (TPSA) is 71.1 Å². The summed E-state index contributed by atoms with van der Waals surface area (Å²) in [6.07, 6.45) is 0. The zero-order valence-corrected chi connectivity index (χ0v) is 19.2. The van der Waals surface area contributed by atoms with Crippen molar-refractivity contribution in [2.75, 3.05) is 26.4 Å². The Hall–Kier alpha value is -4.06. The third-order valence-electron chi connectivity index (χ3n) is 5.32. The van der Waals surface area contributed by atoms with Crippen LogP contribution < -0.4 is 9.47 Å². The number of fused-ring (bicyclic) bond motifs is 2. The second kappa shape index (κ2) is 10.7. The van der Waals surface area contributed by atoms with Crippen molar-refractivity contribution < 1.29 is 28.5 Å². The van der Waals surface area contributed by atoms with E-state index in [1.165, 1.54) is 0 Å². The van der Waals surface area contributed by atoms with Crippen molar-refractivity contribution in [3.63, 3.8) is 0 Å². The van der Waals surface area contributed by atoms with Crippen LogP contribution in [-0.4, -0.2) is 38.4 Å². The number of carbonyl (C=O) groups is 2. The van der Waals surface area contributed by atoms with E-state index in [2.05, 4.69) is 0 Å². The van der Waals surface area contributed by atoms with Gasteiger partial charge in [-0.1, -0.05) is 66.7 Å². The number of benzene rings is 4. The van der Waals surface area contributed by atoms with Gasteiger partial charge in [0.2, 0.25) is 0 Å². The maximum Gasteiger partial charge on any atom is 0.344 e. The van der Waals surface area contributed by atoms with Gasteiger partial charge in [-0.25, -0.2) is 9.59 Å². The quantitative estimate of drug-likeness (QED) is 0.307. The Morgan fingerprint density at radius 1 is 0.676 bits per heavy atom. The SMILES string of the molecule is CCOC(=O)COc1cc2ccccc2c(-c2cccc3ccccc23)c1OCC(=O)OCC. The van der Waals surface area contributed by atoms with Crippen LogP contribution in [0, 0.1) is 0 Å². The van der Waals surface area contributed by atoms with Crippen molar-refractivity contribution in [2.24, 2.45) is 0 Å².